The molecule has 0 aliphatic carbocycles. The highest BCUT2D eigenvalue weighted by Gasteiger charge is 2.32. The van der Waals surface area contributed by atoms with Crippen LogP contribution in [-0.2, 0) is 29.2 Å². The summed E-state index contributed by atoms with van der Waals surface area (Å²) in [6, 6.07) is 13.2. The van der Waals surface area contributed by atoms with Gasteiger partial charge in [-0.25, -0.2) is 13.8 Å². The van der Waals surface area contributed by atoms with Crippen LogP contribution in [0.15, 0.2) is 54.9 Å². The van der Waals surface area contributed by atoms with Crippen molar-refractivity contribution in [1.29, 1.82) is 0 Å². The number of hydrogen-bond donors (Lipinski definition) is 1. The molecule has 2 amide bonds. The molecule has 1 saturated heterocycles. The third-order valence-corrected chi connectivity index (χ3v) is 6.73. The maximum Gasteiger partial charge on any atom is 0.274 e. The lowest BCUT2D eigenvalue weighted by atomic mass is 9.95. The summed E-state index contributed by atoms with van der Waals surface area (Å²) in [6.07, 6.45) is 2.62. The van der Waals surface area contributed by atoms with E-state index in [0.717, 1.165) is 23.4 Å². The Balaban J connectivity index is 1.15. The van der Waals surface area contributed by atoms with Crippen LogP contribution < -0.4 is 5.32 Å². The van der Waals surface area contributed by atoms with Crippen LogP contribution in [0.5, 0.6) is 0 Å². The summed E-state index contributed by atoms with van der Waals surface area (Å²) in [5, 5.41) is 2.72. The van der Waals surface area contributed by atoms with Crippen LogP contribution in [0.2, 0.25) is 0 Å². The van der Waals surface area contributed by atoms with Crippen molar-refractivity contribution < 1.29 is 23.1 Å². The number of hydrogen-bond acceptors (Lipinski definition) is 4. The molecule has 9 heteroatoms. The topological polar surface area (TPSA) is 76.5 Å². The first-order valence-corrected chi connectivity index (χ1v) is 11.7. The molecule has 0 spiro atoms. The predicted molar refractivity (Wildman–Crippen MR) is 123 cm³/mol. The summed E-state index contributed by atoms with van der Waals surface area (Å²) in [5.74, 6) is -1.97. The van der Waals surface area contributed by atoms with Crippen molar-refractivity contribution in [2.24, 2.45) is 5.92 Å². The molecule has 1 unspecified atom stereocenters. The molecule has 3 heterocycles. The van der Waals surface area contributed by atoms with Crippen molar-refractivity contribution >= 4 is 11.8 Å². The molecule has 7 nitrogen and oxygen atoms in total. The van der Waals surface area contributed by atoms with Crippen LogP contribution in [0.25, 0.3) is 0 Å². The minimum atomic E-state index is -0.687. The maximum absolute atomic E-state index is 13.8. The fourth-order valence-corrected chi connectivity index (χ4v) is 4.66. The summed E-state index contributed by atoms with van der Waals surface area (Å²) in [4.78, 5) is 31.8. The average Bonchev–Trinajstić information content (AvgIpc) is 3.31. The van der Waals surface area contributed by atoms with Crippen molar-refractivity contribution in [2.75, 3.05) is 13.1 Å². The van der Waals surface area contributed by atoms with Crippen LogP contribution in [0.3, 0.4) is 0 Å². The largest absolute Gasteiger partial charge is 0.365 e. The Morgan fingerprint density at radius 1 is 1.09 bits per heavy atom. The molecule has 1 atom stereocenters. The van der Waals surface area contributed by atoms with E-state index in [9.17, 15) is 18.4 Å². The van der Waals surface area contributed by atoms with Gasteiger partial charge in [-0.15, -0.1) is 0 Å². The number of ether oxygens (including phenoxy) is 1. The van der Waals surface area contributed by atoms with E-state index < -0.39 is 11.6 Å². The number of aromatic nitrogens is 2. The minimum absolute atomic E-state index is 0.00510. The second kappa shape index (κ2) is 9.95. The van der Waals surface area contributed by atoms with Crippen LogP contribution in [-0.4, -0.2) is 39.4 Å². The van der Waals surface area contributed by atoms with E-state index in [4.69, 9.17) is 4.74 Å². The van der Waals surface area contributed by atoms with E-state index in [2.05, 4.69) is 10.3 Å². The van der Waals surface area contributed by atoms with Gasteiger partial charge in [0.2, 0.25) is 5.91 Å². The average molecular weight is 481 g/mol. The molecule has 2 aliphatic rings. The van der Waals surface area contributed by atoms with Crippen molar-refractivity contribution in [3.8, 4) is 0 Å². The highest BCUT2D eigenvalue weighted by Crippen LogP contribution is 2.29. The molecule has 0 bridgehead atoms. The minimum Gasteiger partial charge on any atom is -0.365 e. The molecular formula is C26H26F2N4O3. The van der Waals surface area contributed by atoms with Gasteiger partial charge in [0.25, 0.3) is 5.91 Å². The summed E-state index contributed by atoms with van der Waals surface area (Å²) >= 11 is 0. The summed E-state index contributed by atoms with van der Waals surface area (Å²) < 4.78 is 34.8. The fraction of sp³-hybridized carbons (Fsp3) is 0.346. The second-order valence-corrected chi connectivity index (χ2v) is 8.92. The van der Waals surface area contributed by atoms with Gasteiger partial charge in [0.15, 0.2) is 5.69 Å². The number of fused-ring (bicyclic) bond motifs is 1. The van der Waals surface area contributed by atoms with Gasteiger partial charge >= 0.3 is 0 Å². The summed E-state index contributed by atoms with van der Waals surface area (Å²) in [7, 11) is 0. The zero-order chi connectivity index (χ0) is 24.4. The van der Waals surface area contributed by atoms with Crippen LogP contribution in [0.1, 0.15) is 46.3 Å². The number of benzene rings is 2. The number of nitrogens with one attached hydrogen (secondary N) is 1. The highest BCUT2D eigenvalue weighted by atomic mass is 19.1. The van der Waals surface area contributed by atoms with Gasteiger partial charge in [0, 0.05) is 37.2 Å². The molecule has 1 fully saturated rings. The molecule has 5 rings (SSSR count). The van der Waals surface area contributed by atoms with E-state index in [1.165, 1.54) is 6.07 Å². The van der Waals surface area contributed by atoms with Gasteiger partial charge in [-0.2, -0.15) is 0 Å². The number of rotatable bonds is 5. The number of nitrogens with zero attached hydrogens (tertiary/aromatic N) is 3. The van der Waals surface area contributed by atoms with Crippen LogP contribution in [0, 0.1) is 17.6 Å². The number of imidazole rings is 1. The predicted octanol–water partition coefficient (Wildman–Crippen LogP) is 3.60. The second-order valence-electron chi connectivity index (χ2n) is 8.92. The number of carbonyl (C=O) groups excluding carboxylic acids is 2. The van der Waals surface area contributed by atoms with E-state index in [-0.39, 0.29) is 35.9 Å². The third-order valence-electron chi connectivity index (χ3n) is 6.73. The van der Waals surface area contributed by atoms with Crippen LogP contribution in [0.4, 0.5) is 8.78 Å². The fourth-order valence-electron chi connectivity index (χ4n) is 4.66. The van der Waals surface area contributed by atoms with Gasteiger partial charge in [-0.3, -0.25) is 9.59 Å². The van der Waals surface area contributed by atoms with Gasteiger partial charge in [-0.1, -0.05) is 36.4 Å². The quantitative estimate of drug-likeness (QED) is 0.606. The Morgan fingerprint density at radius 2 is 1.86 bits per heavy atom. The van der Waals surface area contributed by atoms with Crippen molar-refractivity contribution in [3.05, 3.63) is 89.0 Å². The van der Waals surface area contributed by atoms with Crippen LogP contribution >= 0.6 is 0 Å². The summed E-state index contributed by atoms with van der Waals surface area (Å²) in [5.41, 5.74) is 2.48. The first-order valence-electron chi connectivity index (χ1n) is 11.7. The zero-order valence-corrected chi connectivity index (χ0v) is 19.1. The first-order chi connectivity index (χ1) is 17.0. The van der Waals surface area contributed by atoms with E-state index in [0.29, 0.717) is 44.8 Å². The Kier molecular flexibility index (Phi) is 6.59. The molecule has 35 heavy (non-hydrogen) atoms. The lowest BCUT2D eigenvalue weighted by molar-refractivity contribution is -0.126. The lowest BCUT2D eigenvalue weighted by Crippen LogP contribution is -2.43. The molecule has 2 aliphatic heterocycles. The van der Waals surface area contributed by atoms with Gasteiger partial charge in [0.1, 0.15) is 17.7 Å². The van der Waals surface area contributed by atoms with Crippen molar-refractivity contribution in [2.45, 2.75) is 38.6 Å². The molecule has 1 aromatic heterocycles. The summed E-state index contributed by atoms with van der Waals surface area (Å²) in [6.45, 7) is 1.76. The first kappa shape index (κ1) is 23.2. The van der Waals surface area contributed by atoms with E-state index in [1.54, 1.807) is 11.2 Å². The van der Waals surface area contributed by atoms with Gasteiger partial charge in [0.05, 0.1) is 25.2 Å². The third kappa shape index (κ3) is 4.95. The van der Waals surface area contributed by atoms with Crippen molar-refractivity contribution in [1.82, 2.24) is 19.8 Å². The number of carbonyl (C=O) groups is 2. The molecular weight excluding hydrogens is 454 g/mol. The molecule has 182 valence electrons. The Labute approximate surface area is 201 Å². The Hall–Kier alpha value is -3.59. The lowest BCUT2D eigenvalue weighted by Gasteiger charge is -2.31. The maximum atomic E-state index is 13.8. The zero-order valence-electron chi connectivity index (χ0n) is 19.1. The van der Waals surface area contributed by atoms with E-state index >= 15 is 0 Å². The SMILES string of the molecule is O=C(NCc1ccc(F)cc1F)C1CCN(C(=O)c2ncn3c2COC(c2ccccc2)C3)CC1. The van der Waals surface area contributed by atoms with Crippen molar-refractivity contribution in [3.63, 3.8) is 0 Å². The Morgan fingerprint density at radius 3 is 2.60 bits per heavy atom. The smallest absolute Gasteiger partial charge is 0.274 e. The van der Waals surface area contributed by atoms with Gasteiger partial charge < -0.3 is 19.5 Å². The molecule has 0 radical (unpaired) electrons. The molecule has 1 N–H and O–H groups in total. The number of piperidine rings is 1. The molecule has 3 aromatic rings. The van der Waals surface area contributed by atoms with Gasteiger partial charge in [-0.05, 0) is 24.5 Å². The highest BCUT2D eigenvalue weighted by molar-refractivity contribution is 5.93. The number of halogens is 2. The standard InChI is InChI=1S/C26H26F2N4O3/c27-20-7-6-19(21(28)12-20)13-29-25(33)18-8-10-31(11-9-18)26(34)24-22-15-35-23(14-32(22)16-30-24)17-4-2-1-3-5-17/h1-7,12,16,18,23H,8-11,13-15H2,(H,29,33). The monoisotopic (exact) mass is 480 g/mol. The van der Waals surface area contributed by atoms with E-state index in [1.807, 2.05) is 34.9 Å². The normalized spacial score (nSPS) is 18.2. The Bertz CT molecular complexity index is 1220. The molecule has 0 saturated carbocycles. The molecule has 2 aromatic carbocycles. The number of likely N-dealkylation sites (tertiary alicyclic amines) is 1. The number of amides is 2.